The summed E-state index contributed by atoms with van der Waals surface area (Å²) in [5, 5.41) is 5.47. The van der Waals surface area contributed by atoms with E-state index in [-0.39, 0.29) is 6.03 Å². The Bertz CT molecular complexity index is 481. The van der Waals surface area contributed by atoms with Crippen LogP contribution in [0.1, 0.15) is 10.4 Å². The van der Waals surface area contributed by atoms with Gasteiger partial charge in [0, 0.05) is 17.0 Å². The van der Waals surface area contributed by atoms with Crippen LogP contribution in [0.25, 0.3) is 0 Å². The van der Waals surface area contributed by atoms with Crippen molar-refractivity contribution in [3.8, 4) is 0 Å². The van der Waals surface area contributed by atoms with Gasteiger partial charge in [0.1, 0.15) is 0 Å². The van der Waals surface area contributed by atoms with Gasteiger partial charge in [-0.2, -0.15) is 0 Å². The fraction of sp³-hybridized carbons (Fsp3) is 0.182. The Morgan fingerprint density at radius 1 is 1.29 bits per heavy atom. The molecule has 0 unspecified atom stereocenters. The molecule has 0 fully saturated rings. The maximum absolute atomic E-state index is 11.4. The molecule has 6 heteroatoms. The number of thiophene rings is 1. The van der Waals surface area contributed by atoms with Crippen molar-refractivity contribution in [1.82, 2.24) is 10.6 Å². The first-order chi connectivity index (χ1) is 8.24. The van der Waals surface area contributed by atoms with Gasteiger partial charge in [0.15, 0.2) is 0 Å². The Labute approximate surface area is 108 Å². The minimum atomic E-state index is -0.212. The molecule has 17 heavy (non-hydrogen) atoms. The first-order valence-corrected chi connectivity index (χ1v) is 6.20. The highest BCUT2D eigenvalue weighted by Crippen LogP contribution is 2.20. The van der Waals surface area contributed by atoms with E-state index < -0.39 is 0 Å². The number of amides is 2. The highest BCUT2D eigenvalue weighted by Gasteiger charge is 2.02. The van der Waals surface area contributed by atoms with Crippen molar-refractivity contribution in [3.05, 3.63) is 45.5 Å². The zero-order valence-electron chi connectivity index (χ0n) is 8.90. The zero-order valence-corrected chi connectivity index (χ0v) is 10.5. The third-order valence-corrected chi connectivity index (χ3v) is 3.32. The van der Waals surface area contributed by atoms with E-state index in [1.54, 1.807) is 18.6 Å². The van der Waals surface area contributed by atoms with Crippen molar-refractivity contribution in [3.63, 3.8) is 0 Å². The van der Waals surface area contributed by atoms with Gasteiger partial charge in [-0.1, -0.05) is 11.6 Å². The Morgan fingerprint density at radius 2 is 2.12 bits per heavy atom. The fourth-order valence-corrected chi connectivity index (χ4v) is 2.28. The van der Waals surface area contributed by atoms with Crippen molar-refractivity contribution in [2.75, 3.05) is 0 Å². The van der Waals surface area contributed by atoms with Gasteiger partial charge in [-0.3, -0.25) is 0 Å². The lowest BCUT2D eigenvalue weighted by atomic mass is 10.3. The molecular formula is C11H11ClN2O2S. The second-order valence-corrected chi connectivity index (χ2v) is 5.17. The van der Waals surface area contributed by atoms with Gasteiger partial charge in [-0.15, -0.1) is 11.3 Å². The van der Waals surface area contributed by atoms with E-state index in [1.165, 1.54) is 11.3 Å². The molecule has 4 nitrogen and oxygen atoms in total. The first-order valence-electron chi connectivity index (χ1n) is 5.01. The lowest BCUT2D eigenvalue weighted by molar-refractivity contribution is 0.240. The van der Waals surface area contributed by atoms with Crippen LogP contribution < -0.4 is 10.6 Å². The number of nitrogens with one attached hydrogen (secondary N) is 2. The minimum Gasteiger partial charge on any atom is -0.472 e. The molecule has 0 saturated carbocycles. The van der Waals surface area contributed by atoms with Crippen molar-refractivity contribution in [2.24, 2.45) is 0 Å². The summed E-state index contributed by atoms with van der Waals surface area (Å²) in [5.41, 5.74) is 0.930. The van der Waals surface area contributed by atoms with Gasteiger partial charge in [-0.25, -0.2) is 4.79 Å². The van der Waals surface area contributed by atoms with Crippen LogP contribution in [0.2, 0.25) is 4.34 Å². The second kappa shape index (κ2) is 5.75. The average molecular weight is 271 g/mol. The molecule has 0 atom stereocenters. The third-order valence-electron chi connectivity index (χ3n) is 2.09. The summed E-state index contributed by atoms with van der Waals surface area (Å²) in [4.78, 5) is 12.5. The van der Waals surface area contributed by atoms with E-state index in [0.29, 0.717) is 13.1 Å². The summed E-state index contributed by atoms with van der Waals surface area (Å²) >= 11 is 7.24. The minimum absolute atomic E-state index is 0.212. The summed E-state index contributed by atoms with van der Waals surface area (Å²) < 4.78 is 5.62. The quantitative estimate of drug-likeness (QED) is 0.897. The molecule has 90 valence electrons. The number of hydrogen-bond acceptors (Lipinski definition) is 3. The highest BCUT2D eigenvalue weighted by atomic mass is 35.5. The van der Waals surface area contributed by atoms with E-state index in [9.17, 15) is 4.79 Å². The summed E-state index contributed by atoms with van der Waals surface area (Å²) in [6.45, 7) is 0.933. The van der Waals surface area contributed by atoms with Crippen LogP contribution in [0, 0.1) is 0 Å². The van der Waals surface area contributed by atoms with Crippen LogP contribution in [-0.2, 0) is 13.1 Å². The molecule has 2 N–H and O–H groups in total. The van der Waals surface area contributed by atoms with E-state index in [1.807, 2.05) is 12.1 Å². The second-order valence-electron chi connectivity index (χ2n) is 3.37. The zero-order chi connectivity index (χ0) is 12.1. The Kier molecular flexibility index (Phi) is 4.06. The molecule has 0 spiro atoms. The lowest BCUT2D eigenvalue weighted by Crippen LogP contribution is -2.34. The molecule has 0 aromatic carbocycles. The number of furan rings is 1. The smallest absolute Gasteiger partial charge is 0.315 e. The number of carbonyl (C=O) groups excluding carboxylic acids is 1. The van der Waals surface area contributed by atoms with Gasteiger partial charge in [0.05, 0.1) is 23.4 Å². The monoisotopic (exact) mass is 270 g/mol. The van der Waals surface area contributed by atoms with Crippen molar-refractivity contribution in [2.45, 2.75) is 13.1 Å². The van der Waals surface area contributed by atoms with Crippen LogP contribution in [0.4, 0.5) is 4.79 Å². The molecule has 2 aromatic heterocycles. The van der Waals surface area contributed by atoms with Crippen molar-refractivity contribution < 1.29 is 9.21 Å². The lowest BCUT2D eigenvalue weighted by Gasteiger charge is -2.04. The standard InChI is InChI=1S/C11H11ClN2O2S/c12-10-2-1-9(17-10)6-14-11(15)13-5-8-3-4-16-7-8/h1-4,7H,5-6H2,(H2,13,14,15). The van der Waals surface area contributed by atoms with Crippen LogP contribution in [-0.4, -0.2) is 6.03 Å². The van der Waals surface area contributed by atoms with Crippen LogP contribution >= 0.6 is 22.9 Å². The summed E-state index contributed by atoms with van der Waals surface area (Å²) in [6, 6.07) is 5.30. The Hall–Kier alpha value is -1.46. The molecule has 0 aliphatic carbocycles. The fourth-order valence-electron chi connectivity index (χ4n) is 1.25. The number of urea groups is 1. The summed E-state index contributed by atoms with van der Waals surface area (Å²) in [6.07, 6.45) is 3.17. The Balaban J connectivity index is 1.71. The van der Waals surface area contributed by atoms with E-state index in [2.05, 4.69) is 10.6 Å². The maximum Gasteiger partial charge on any atom is 0.315 e. The summed E-state index contributed by atoms with van der Waals surface area (Å²) in [7, 11) is 0. The van der Waals surface area contributed by atoms with Crippen LogP contribution in [0.15, 0.2) is 35.1 Å². The molecule has 0 aliphatic heterocycles. The molecule has 2 rings (SSSR count). The Morgan fingerprint density at radius 3 is 2.76 bits per heavy atom. The van der Waals surface area contributed by atoms with Gasteiger partial charge in [0.2, 0.25) is 0 Å². The third kappa shape index (κ3) is 3.80. The van der Waals surface area contributed by atoms with Gasteiger partial charge in [0.25, 0.3) is 0 Å². The topological polar surface area (TPSA) is 54.3 Å². The molecule has 2 aromatic rings. The molecule has 0 aliphatic rings. The molecule has 0 bridgehead atoms. The molecule has 2 amide bonds. The molecule has 2 heterocycles. The largest absolute Gasteiger partial charge is 0.472 e. The maximum atomic E-state index is 11.4. The normalized spacial score (nSPS) is 10.2. The number of carbonyl (C=O) groups is 1. The molecule has 0 radical (unpaired) electrons. The van der Waals surface area contributed by atoms with Crippen molar-refractivity contribution >= 4 is 29.0 Å². The first kappa shape index (κ1) is 12.0. The SMILES string of the molecule is O=C(NCc1ccoc1)NCc1ccc(Cl)s1. The van der Waals surface area contributed by atoms with Crippen LogP contribution in [0.3, 0.4) is 0 Å². The number of halogens is 1. The predicted octanol–water partition coefficient (Wildman–Crippen LogP) is 2.99. The van der Waals surface area contributed by atoms with E-state index >= 15 is 0 Å². The van der Waals surface area contributed by atoms with Crippen molar-refractivity contribution in [1.29, 1.82) is 0 Å². The molecule has 0 saturated heterocycles. The van der Waals surface area contributed by atoms with Gasteiger partial charge >= 0.3 is 6.03 Å². The van der Waals surface area contributed by atoms with Crippen LogP contribution in [0.5, 0.6) is 0 Å². The van der Waals surface area contributed by atoms with Gasteiger partial charge in [-0.05, 0) is 18.2 Å². The summed E-state index contributed by atoms with van der Waals surface area (Å²) in [5.74, 6) is 0. The average Bonchev–Trinajstić information content (AvgIpc) is 2.95. The van der Waals surface area contributed by atoms with E-state index in [0.717, 1.165) is 14.8 Å². The molecular weight excluding hydrogens is 260 g/mol. The number of rotatable bonds is 4. The number of hydrogen-bond donors (Lipinski definition) is 2. The van der Waals surface area contributed by atoms with Gasteiger partial charge < -0.3 is 15.1 Å². The van der Waals surface area contributed by atoms with E-state index in [4.69, 9.17) is 16.0 Å². The predicted molar refractivity (Wildman–Crippen MR) is 67.1 cm³/mol. The highest BCUT2D eigenvalue weighted by molar-refractivity contribution is 7.16.